The molecule has 20 heavy (non-hydrogen) atoms. The SMILES string of the molecule is CC(C)(C)[Si](OCBr)(c1ccccc1)c1ccccc1. The van der Waals surface area contributed by atoms with Crippen LogP contribution in [0, 0.1) is 0 Å². The third kappa shape index (κ3) is 2.76. The van der Waals surface area contributed by atoms with E-state index < -0.39 is 8.32 Å². The van der Waals surface area contributed by atoms with Gasteiger partial charge in [-0.05, 0) is 15.4 Å². The Labute approximate surface area is 131 Å². The summed E-state index contributed by atoms with van der Waals surface area (Å²) in [6.45, 7) is 6.84. The van der Waals surface area contributed by atoms with Crippen molar-refractivity contribution in [2.45, 2.75) is 25.8 Å². The van der Waals surface area contributed by atoms with Crippen LogP contribution < -0.4 is 10.4 Å². The van der Waals surface area contributed by atoms with Gasteiger partial charge >= 0.3 is 0 Å². The number of benzene rings is 2. The molecule has 0 aromatic heterocycles. The quantitative estimate of drug-likeness (QED) is 0.601. The average Bonchev–Trinajstić information content (AvgIpc) is 2.45. The molecular formula is C17H21BrOSi. The fourth-order valence-electron chi connectivity index (χ4n) is 2.84. The van der Waals surface area contributed by atoms with E-state index in [0.717, 1.165) is 0 Å². The average molecular weight is 349 g/mol. The zero-order valence-corrected chi connectivity index (χ0v) is 14.9. The van der Waals surface area contributed by atoms with Crippen LogP contribution >= 0.6 is 15.9 Å². The molecule has 2 aromatic rings. The van der Waals surface area contributed by atoms with E-state index in [-0.39, 0.29) is 5.04 Å². The molecule has 0 spiro atoms. The van der Waals surface area contributed by atoms with E-state index in [2.05, 4.69) is 97.4 Å². The topological polar surface area (TPSA) is 9.23 Å². The summed E-state index contributed by atoms with van der Waals surface area (Å²) >= 11 is 3.48. The lowest BCUT2D eigenvalue weighted by Crippen LogP contribution is -2.66. The van der Waals surface area contributed by atoms with Crippen LogP contribution in [0.5, 0.6) is 0 Å². The number of hydrogen-bond acceptors (Lipinski definition) is 1. The van der Waals surface area contributed by atoms with E-state index >= 15 is 0 Å². The minimum absolute atomic E-state index is 0.0590. The Morgan fingerprint density at radius 1 is 0.850 bits per heavy atom. The van der Waals surface area contributed by atoms with E-state index in [9.17, 15) is 0 Å². The summed E-state index contributed by atoms with van der Waals surface area (Å²) < 4.78 is 6.42. The Kier molecular flexibility index (Phi) is 4.84. The van der Waals surface area contributed by atoms with Gasteiger partial charge in [-0.25, -0.2) is 0 Å². The fourth-order valence-corrected chi connectivity index (χ4v) is 8.19. The van der Waals surface area contributed by atoms with E-state index in [4.69, 9.17) is 4.43 Å². The van der Waals surface area contributed by atoms with Crippen molar-refractivity contribution in [2.24, 2.45) is 0 Å². The lowest BCUT2D eigenvalue weighted by Gasteiger charge is -2.42. The maximum atomic E-state index is 6.42. The number of alkyl halides is 1. The van der Waals surface area contributed by atoms with Crippen LogP contribution in [0.25, 0.3) is 0 Å². The van der Waals surface area contributed by atoms with E-state index in [1.54, 1.807) is 0 Å². The summed E-state index contributed by atoms with van der Waals surface area (Å²) in [4.78, 5) is 0. The van der Waals surface area contributed by atoms with Crippen LogP contribution in [0.2, 0.25) is 5.04 Å². The highest BCUT2D eigenvalue weighted by molar-refractivity contribution is 9.09. The Balaban J connectivity index is 2.70. The second-order valence-corrected chi connectivity index (χ2v) is 10.7. The van der Waals surface area contributed by atoms with Gasteiger partial charge in [0, 0.05) is 0 Å². The van der Waals surface area contributed by atoms with Crippen molar-refractivity contribution in [3.8, 4) is 0 Å². The molecule has 2 rings (SSSR count). The molecule has 0 heterocycles. The van der Waals surface area contributed by atoms with E-state index in [1.165, 1.54) is 10.4 Å². The van der Waals surface area contributed by atoms with Crippen molar-refractivity contribution in [3.05, 3.63) is 60.7 Å². The van der Waals surface area contributed by atoms with Crippen molar-refractivity contribution < 1.29 is 4.43 Å². The number of hydrogen-bond donors (Lipinski definition) is 0. The summed E-state index contributed by atoms with van der Waals surface area (Å²) in [6, 6.07) is 21.3. The van der Waals surface area contributed by atoms with Crippen molar-refractivity contribution in [3.63, 3.8) is 0 Å². The van der Waals surface area contributed by atoms with E-state index in [0.29, 0.717) is 5.52 Å². The minimum Gasteiger partial charge on any atom is -0.398 e. The van der Waals surface area contributed by atoms with Gasteiger partial charge in [0.25, 0.3) is 8.32 Å². The van der Waals surface area contributed by atoms with Crippen LogP contribution in [0.4, 0.5) is 0 Å². The van der Waals surface area contributed by atoms with Gasteiger partial charge in [0.05, 0.1) is 5.52 Å². The summed E-state index contributed by atoms with van der Waals surface area (Å²) in [6.07, 6.45) is 0. The molecule has 0 amide bonds. The molecule has 1 nitrogen and oxygen atoms in total. The zero-order chi connectivity index (χ0) is 14.6. The Morgan fingerprint density at radius 2 is 1.25 bits per heavy atom. The third-order valence-corrected chi connectivity index (χ3v) is 9.32. The van der Waals surface area contributed by atoms with Gasteiger partial charge < -0.3 is 4.43 Å². The highest BCUT2D eigenvalue weighted by Crippen LogP contribution is 2.36. The third-order valence-electron chi connectivity index (χ3n) is 3.69. The largest absolute Gasteiger partial charge is 0.398 e. The first-order chi connectivity index (χ1) is 9.52. The zero-order valence-electron chi connectivity index (χ0n) is 12.3. The second-order valence-electron chi connectivity index (χ2n) is 5.92. The lowest BCUT2D eigenvalue weighted by molar-refractivity contribution is 0.371. The van der Waals surface area contributed by atoms with Crippen LogP contribution in [0.1, 0.15) is 20.8 Å². The first-order valence-electron chi connectivity index (χ1n) is 6.83. The first-order valence-corrected chi connectivity index (χ1v) is 9.86. The Morgan fingerprint density at radius 3 is 1.55 bits per heavy atom. The normalized spacial score (nSPS) is 12.4. The first kappa shape index (κ1) is 15.5. The summed E-state index contributed by atoms with van der Waals surface area (Å²) in [5, 5.41) is 2.69. The van der Waals surface area contributed by atoms with Crippen LogP contribution in [-0.2, 0) is 4.43 Å². The molecule has 0 saturated heterocycles. The van der Waals surface area contributed by atoms with Crippen molar-refractivity contribution in [1.29, 1.82) is 0 Å². The molecule has 2 aromatic carbocycles. The summed E-state index contributed by atoms with van der Waals surface area (Å²) in [5.41, 5.74) is 0.556. The van der Waals surface area contributed by atoms with Crippen molar-refractivity contribution >= 4 is 34.6 Å². The monoisotopic (exact) mass is 348 g/mol. The maximum Gasteiger partial charge on any atom is 0.262 e. The van der Waals surface area contributed by atoms with Crippen LogP contribution in [-0.4, -0.2) is 13.8 Å². The highest BCUT2D eigenvalue weighted by atomic mass is 79.9. The highest BCUT2D eigenvalue weighted by Gasteiger charge is 2.49. The molecule has 0 aliphatic carbocycles. The van der Waals surface area contributed by atoms with Crippen LogP contribution in [0.3, 0.4) is 0 Å². The van der Waals surface area contributed by atoms with Gasteiger partial charge in [-0.3, -0.25) is 0 Å². The van der Waals surface area contributed by atoms with Gasteiger partial charge in [-0.15, -0.1) is 0 Å². The van der Waals surface area contributed by atoms with Gasteiger partial charge in [0.15, 0.2) is 0 Å². The van der Waals surface area contributed by atoms with E-state index in [1.807, 2.05) is 0 Å². The molecule has 0 aliphatic heterocycles. The summed E-state index contributed by atoms with van der Waals surface area (Å²) in [5.74, 6) is 0. The number of rotatable bonds is 4. The Hall–Kier alpha value is -0.903. The summed E-state index contributed by atoms with van der Waals surface area (Å²) in [7, 11) is -2.30. The second kappa shape index (κ2) is 6.25. The smallest absolute Gasteiger partial charge is 0.262 e. The molecule has 0 atom stereocenters. The Bertz CT molecular complexity index is 494. The molecule has 0 saturated carbocycles. The minimum atomic E-state index is -2.30. The number of halogens is 1. The molecule has 3 heteroatoms. The maximum absolute atomic E-state index is 6.42. The predicted molar refractivity (Wildman–Crippen MR) is 92.5 cm³/mol. The van der Waals surface area contributed by atoms with Gasteiger partial charge in [-0.2, -0.15) is 0 Å². The lowest BCUT2D eigenvalue weighted by atomic mass is 10.2. The van der Waals surface area contributed by atoms with Crippen molar-refractivity contribution in [1.82, 2.24) is 0 Å². The van der Waals surface area contributed by atoms with Gasteiger partial charge in [0.2, 0.25) is 0 Å². The molecule has 106 valence electrons. The van der Waals surface area contributed by atoms with Gasteiger partial charge in [-0.1, -0.05) is 97.4 Å². The molecule has 0 N–H and O–H groups in total. The fraction of sp³-hybridized carbons (Fsp3) is 0.294. The standard InChI is InChI=1S/C17H21BrOSi/c1-17(2,3)20(19-14-18,15-10-6-4-7-11-15)16-12-8-5-9-13-16/h4-13H,14H2,1-3H3. The molecule has 0 unspecified atom stereocenters. The molecule has 0 radical (unpaired) electrons. The molecule has 0 fully saturated rings. The van der Waals surface area contributed by atoms with Crippen LogP contribution in [0.15, 0.2) is 60.7 Å². The molecule has 0 bridgehead atoms. The van der Waals surface area contributed by atoms with Crippen molar-refractivity contribution in [2.75, 3.05) is 5.52 Å². The molecule has 0 aliphatic rings. The van der Waals surface area contributed by atoms with Gasteiger partial charge in [0.1, 0.15) is 0 Å². The molecular weight excluding hydrogens is 328 g/mol. The predicted octanol–water partition coefficient (Wildman–Crippen LogP) is 3.92.